The molecule has 0 aliphatic rings. The molecule has 2 rings (SSSR count). The van der Waals surface area contributed by atoms with Gasteiger partial charge in [0.15, 0.2) is 5.78 Å². The van der Waals surface area contributed by atoms with E-state index in [1.807, 2.05) is 42.5 Å². The molecule has 2 aromatic carbocycles. The summed E-state index contributed by atoms with van der Waals surface area (Å²) in [5.41, 5.74) is 7.79. The van der Waals surface area contributed by atoms with Crippen molar-refractivity contribution in [3.8, 4) is 6.07 Å². The first-order chi connectivity index (χ1) is 12.0. The molecule has 0 fully saturated rings. The Bertz CT molecular complexity index is 848. The number of benzene rings is 2. The molecule has 0 aliphatic heterocycles. The summed E-state index contributed by atoms with van der Waals surface area (Å²) in [6, 6.07) is 18.5. The van der Waals surface area contributed by atoms with Crippen molar-refractivity contribution < 1.29 is 4.79 Å². The monoisotopic (exact) mass is 413 g/mol. The van der Waals surface area contributed by atoms with E-state index in [4.69, 9.17) is 5.73 Å². The van der Waals surface area contributed by atoms with Crippen molar-refractivity contribution in [1.82, 2.24) is 0 Å². The van der Waals surface area contributed by atoms with Gasteiger partial charge in [-0.2, -0.15) is 5.26 Å². The number of rotatable bonds is 5. The maximum absolute atomic E-state index is 12.4. The van der Waals surface area contributed by atoms with Gasteiger partial charge in [-0.15, -0.1) is 0 Å². The molecular formula is C19H16BrN3OS. The molecule has 0 amide bonds. The number of halogens is 1. The molecule has 0 saturated carbocycles. The predicted octanol–water partition coefficient (Wildman–Crippen LogP) is 4.85. The number of hydrogen-bond acceptors (Lipinski definition) is 5. The average Bonchev–Trinajstić information content (AvgIpc) is 2.61. The van der Waals surface area contributed by atoms with Crippen molar-refractivity contribution in [1.29, 1.82) is 5.26 Å². The fourth-order valence-electron chi connectivity index (χ4n) is 1.94. The standard InChI is InChI=1S/C19H16BrN3OS/c1-13(22)17(11-21)19(23-16-5-3-2-4-6-16)25-12-18(24)14-7-9-15(20)10-8-14/h2-10H,12,22H2,1H3/b17-13+,23-19?. The van der Waals surface area contributed by atoms with Crippen LogP contribution in [0.25, 0.3) is 0 Å². The van der Waals surface area contributed by atoms with Gasteiger partial charge in [-0.1, -0.05) is 58.0 Å². The highest BCUT2D eigenvalue weighted by Crippen LogP contribution is 2.22. The minimum absolute atomic E-state index is 0.0368. The van der Waals surface area contributed by atoms with Gasteiger partial charge in [0.25, 0.3) is 0 Å². The molecular weight excluding hydrogens is 398 g/mol. The Morgan fingerprint density at radius 1 is 1.20 bits per heavy atom. The Labute approximate surface area is 159 Å². The molecule has 0 spiro atoms. The summed E-state index contributed by atoms with van der Waals surface area (Å²) in [6.07, 6.45) is 0. The van der Waals surface area contributed by atoms with E-state index in [1.165, 1.54) is 11.8 Å². The molecule has 0 aromatic heterocycles. The second-order valence-electron chi connectivity index (χ2n) is 5.14. The van der Waals surface area contributed by atoms with Crippen LogP contribution in [0.15, 0.2) is 75.3 Å². The highest BCUT2D eigenvalue weighted by molar-refractivity contribution is 9.10. The van der Waals surface area contributed by atoms with Gasteiger partial charge < -0.3 is 5.73 Å². The Hall–Kier alpha value is -2.36. The third kappa shape index (κ3) is 5.59. The summed E-state index contributed by atoms with van der Waals surface area (Å²) < 4.78 is 0.913. The van der Waals surface area contributed by atoms with E-state index < -0.39 is 0 Å². The maximum atomic E-state index is 12.4. The number of carbonyl (C=O) groups is 1. The third-order valence-corrected chi connectivity index (χ3v) is 4.72. The topological polar surface area (TPSA) is 79.2 Å². The second-order valence-corrected chi connectivity index (χ2v) is 7.02. The van der Waals surface area contributed by atoms with Crippen LogP contribution in [-0.2, 0) is 0 Å². The molecule has 0 radical (unpaired) electrons. The number of nitrogens with zero attached hydrogens (tertiary/aromatic N) is 2. The molecule has 0 saturated heterocycles. The number of allylic oxidation sites excluding steroid dienone is 1. The lowest BCUT2D eigenvalue weighted by molar-refractivity contribution is 0.102. The van der Waals surface area contributed by atoms with E-state index in [0.717, 1.165) is 4.47 Å². The number of aliphatic imine (C=N–C) groups is 1. The van der Waals surface area contributed by atoms with Crippen molar-refractivity contribution in [3.05, 3.63) is 75.9 Å². The van der Waals surface area contributed by atoms with Gasteiger partial charge in [0.05, 0.1) is 11.4 Å². The van der Waals surface area contributed by atoms with Crippen molar-refractivity contribution in [2.45, 2.75) is 6.92 Å². The van der Waals surface area contributed by atoms with Crippen LogP contribution in [0.2, 0.25) is 0 Å². The Balaban J connectivity index is 2.24. The summed E-state index contributed by atoms with van der Waals surface area (Å²) in [7, 11) is 0. The molecule has 0 aliphatic carbocycles. The number of para-hydroxylation sites is 1. The van der Waals surface area contributed by atoms with Crippen LogP contribution in [0.4, 0.5) is 5.69 Å². The van der Waals surface area contributed by atoms with Crippen molar-refractivity contribution >= 4 is 44.2 Å². The Morgan fingerprint density at radius 2 is 1.84 bits per heavy atom. The second kappa shape index (κ2) is 9.21. The maximum Gasteiger partial charge on any atom is 0.173 e. The highest BCUT2D eigenvalue weighted by Gasteiger charge is 2.14. The minimum atomic E-state index is -0.0368. The SMILES string of the molecule is C/C(N)=C(/C#N)C(=Nc1ccccc1)SCC(=O)c1ccc(Br)cc1. The van der Waals surface area contributed by atoms with Gasteiger partial charge in [-0.05, 0) is 31.2 Å². The number of thioether (sulfide) groups is 1. The number of nitriles is 1. The first-order valence-electron chi connectivity index (χ1n) is 7.43. The number of ketones is 1. The molecule has 0 atom stereocenters. The smallest absolute Gasteiger partial charge is 0.173 e. The molecule has 2 N–H and O–H groups in total. The lowest BCUT2D eigenvalue weighted by atomic mass is 10.2. The minimum Gasteiger partial charge on any atom is -0.401 e. The van der Waals surface area contributed by atoms with Crippen LogP contribution in [0.1, 0.15) is 17.3 Å². The van der Waals surface area contributed by atoms with Crippen LogP contribution in [0.5, 0.6) is 0 Å². The summed E-state index contributed by atoms with van der Waals surface area (Å²) in [6.45, 7) is 1.65. The number of nitrogens with two attached hydrogens (primary N) is 1. The fourth-order valence-corrected chi connectivity index (χ4v) is 3.16. The van der Waals surface area contributed by atoms with Gasteiger partial charge >= 0.3 is 0 Å². The third-order valence-electron chi connectivity index (χ3n) is 3.21. The zero-order valence-corrected chi connectivity index (χ0v) is 16.0. The van der Waals surface area contributed by atoms with E-state index in [-0.39, 0.29) is 17.1 Å². The molecule has 0 heterocycles. The molecule has 4 nitrogen and oxygen atoms in total. The molecule has 126 valence electrons. The van der Waals surface area contributed by atoms with E-state index in [1.54, 1.807) is 19.1 Å². The van der Waals surface area contributed by atoms with Gasteiger partial charge in [-0.25, -0.2) is 4.99 Å². The first kappa shape index (κ1) is 19.0. The van der Waals surface area contributed by atoms with Crippen LogP contribution in [-0.4, -0.2) is 16.6 Å². The summed E-state index contributed by atoms with van der Waals surface area (Å²) in [5, 5.41) is 9.83. The number of hydrogen-bond donors (Lipinski definition) is 1. The molecule has 6 heteroatoms. The van der Waals surface area contributed by atoms with Crippen molar-refractivity contribution in [2.75, 3.05) is 5.75 Å². The zero-order valence-electron chi connectivity index (χ0n) is 13.6. The van der Waals surface area contributed by atoms with Gasteiger partial charge in [0.2, 0.25) is 0 Å². The first-order valence-corrected chi connectivity index (χ1v) is 9.21. The zero-order chi connectivity index (χ0) is 18.2. The Kier molecular flexibility index (Phi) is 6.99. The average molecular weight is 414 g/mol. The summed E-state index contributed by atoms with van der Waals surface area (Å²) >= 11 is 4.56. The van der Waals surface area contributed by atoms with Crippen LogP contribution in [0.3, 0.4) is 0 Å². The van der Waals surface area contributed by atoms with Gasteiger partial charge in [0.1, 0.15) is 16.7 Å². The largest absolute Gasteiger partial charge is 0.401 e. The summed E-state index contributed by atoms with van der Waals surface area (Å²) in [4.78, 5) is 16.9. The quantitative estimate of drug-likeness (QED) is 0.328. The summed E-state index contributed by atoms with van der Waals surface area (Å²) in [5.74, 6) is 0.136. The van der Waals surface area contributed by atoms with Crippen LogP contribution in [0, 0.1) is 11.3 Å². The Morgan fingerprint density at radius 3 is 2.40 bits per heavy atom. The normalized spacial score (nSPS) is 12.3. The molecule has 25 heavy (non-hydrogen) atoms. The van der Waals surface area contributed by atoms with E-state index in [2.05, 4.69) is 27.0 Å². The van der Waals surface area contributed by atoms with Crippen LogP contribution < -0.4 is 5.73 Å². The van der Waals surface area contributed by atoms with Gasteiger partial charge in [-0.3, -0.25) is 4.79 Å². The van der Waals surface area contributed by atoms with Crippen molar-refractivity contribution in [3.63, 3.8) is 0 Å². The van der Waals surface area contributed by atoms with E-state index in [9.17, 15) is 10.1 Å². The fraction of sp³-hybridized carbons (Fsp3) is 0.105. The lowest BCUT2D eigenvalue weighted by Gasteiger charge is -2.07. The number of carbonyl (C=O) groups excluding carboxylic acids is 1. The lowest BCUT2D eigenvalue weighted by Crippen LogP contribution is -2.09. The van der Waals surface area contributed by atoms with Crippen molar-refractivity contribution in [2.24, 2.45) is 10.7 Å². The number of Topliss-reactive ketones (excluding diaryl/α,β-unsaturated/α-hetero) is 1. The molecule has 0 unspecified atom stereocenters. The van der Waals surface area contributed by atoms with Gasteiger partial charge in [0, 0.05) is 15.7 Å². The van der Waals surface area contributed by atoms with E-state index in [0.29, 0.717) is 22.0 Å². The highest BCUT2D eigenvalue weighted by atomic mass is 79.9. The molecule has 0 bridgehead atoms. The van der Waals surface area contributed by atoms with Crippen LogP contribution >= 0.6 is 27.7 Å². The van der Waals surface area contributed by atoms with E-state index >= 15 is 0 Å². The molecule has 2 aromatic rings. The predicted molar refractivity (Wildman–Crippen MR) is 107 cm³/mol.